The van der Waals surface area contributed by atoms with Gasteiger partial charge in [-0.3, -0.25) is 4.99 Å². The molecule has 5 heteroatoms. The standard InChI is InChI=1S/C45H31N5/c1-29(43-47-44(33-15-4-3-5-16-33)49-45(48-43)35-21-20-30-12-6-7-17-34(30)27-35)26-36(28-46-2)50-39-24-22-31-13-8-10-18-37(31)41(39)42-38-19-11-9-14-32(38)23-25-40(42)50/h3-28H,2H2,1H3/b29-26+,36-28+. The van der Waals surface area contributed by atoms with Crippen LogP contribution in [0.2, 0.25) is 0 Å². The van der Waals surface area contributed by atoms with E-state index in [0.29, 0.717) is 17.5 Å². The maximum atomic E-state index is 5.06. The maximum absolute atomic E-state index is 5.06. The summed E-state index contributed by atoms with van der Waals surface area (Å²) >= 11 is 0. The zero-order valence-corrected chi connectivity index (χ0v) is 27.5. The summed E-state index contributed by atoms with van der Waals surface area (Å²) in [5, 5.41) is 9.54. The van der Waals surface area contributed by atoms with Gasteiger partial charge in [0, 0.05) is 21.9 Å². The van der Waals surface area contributed by atoms with E-state index in [2.05, 4.69) is 138 Å². The van der Waals surface area contributed by atoms with Gasteiger partial charge in [0.05, 0.1) is 22.9 Å². The number of hydrogen-bond donors (Lipinski definition) is 0. The van der Waals surface area contributed by atoms with Crippen molar-refractivity contribution >= 4 is 72.1 Å². The zero-order valence-electron chi connectivity index (χ0n) is 27.5. The van der Waals surface area contributed by atoms with Gasteiger partial charge >= 0.3 is 0 Å². The average Bonchev–Trinajstić information content (AvgIpc) is 3.53. The summed E-state index contributed by atoms with van der Waals surface area (Å²) in [5.74, 6) is 1.83. The molecule has 7 aromatic carbocycles. The van der Waals surface area contributed by atoms with Crippen molar-refractivity contribution in [2.75, 3.05) is 0 Å². The van der Waals surface area contributed by atoms with E-state index in [4.69, 9.17) is 15.0 Å². The summed E-state index contributed by atoms with van der Waals surface area (Å²) in [6.07, 6.45) is 3.92. The molecule has 0 aliphatic rings. The van der Waals surface area contributed by atoms with Gasteiger partial charge in [0.1, 0.15) is 0 Å². The lowest BCUT2D eigenvalue weighted by atomic mass is 10.00. The van der Waals surface area contributed by atoms with Crippen LogP contribution in [0.3, 0.4) is 0 Å². The minimum Gasteiger partial charge on any atom is -0.308 e. The van der Waals surface area contributed by atoms with Crippen LogP contribution in [0, 0.1) is 0 Å². The topological polar surface area (TPSA) is 56.0 Å². The largest absolute Gasteiger partial charge is 0.308 e. The van der Waals surface area contributed by atoms with Crippen molar-refractivity contribution in [1.82, 2.24) is 19.5 Å². The van der Waals surface area contributed by atoms with Gasteiger partial charge < -0.3 is 4.57 Å². The van der Waals surface area contributed by atoms with Gasteiger partial charge in [-0.1, -0.05) is 127 Å². The molecule has 0 bridgehead atoms. The van der Waals surface area contributed by atoms with Crippen LogP contribution in [0.25, 0.3) is 88.2 Å². The van der Waals surface area contributed by atoms with E-state index in [1.165, 1.54) is 37.7 Å². The summed E-state index contributed by atoms with van der Waals surface area (Å²) in [7, 11) is 0. The molecule has 9 aromatic rings. The third-order valence-electron chi connectivity index (χ3n) is 9.42. The molecule has 0 atom stereocenters. The van der Waals surface area contributed by atoms with Crippen molar-refractivity contribution in [2.24, 2.45) is 4.99 Å². The van der Waals surface area contributed by atoms with Crippen molar-refractivity contribution in [3.63, 3.8) is 0 Å². The van der Waals surface area contributed by atoms with Gasteiger partial charge in [0.15, 0.2) is 17.5 Å². The molecule has 0 N–H and O–H groups in total. The second-order valence-electron chi connectivity index (χ2n) is 12.5. The van der Waals surface area contributed by atoms with Crippen molar-refractivity contribution in [3.8, 4) is 22.8 Å². The lowest BCUT2D eigenvalue weighted by Crippen LogP contribution is -2.03. The van der Waals surface area contributed by atoms with Crippen LogP contribution in [0.4, 0.5) is 0 Å². The Morgan fingerprint density at radius 2 is 1.10 bits per heavy atom. The molecule has 0 fully saturated rings. The molecule has 0 aliphatic carbocycles. The quantitative estimate of drug-likeness (QED) is 0.134. The number of nitrogens with zero attached hydrogens (tertiary/aromatic N) is 5. The normalized spacial score (nSPS) is 12.4. The average molecular weight is 642 g/mol. The van der Waals surface area contributed by atoms with E-state index in [0.717, 1.165) is 38.8 Å². The van der Waals surface area contributed by atoms with Gasteiger partial charge in [0.25, 0.3) is 0 Å². The molecular weight excluding hydrogens is 611 g/mol. The second-order valence-corrected chi connectivity index (χ2v) is 12.5. The molecule has 9 rings (SSSR count). The Balaban J connectivity index is 1.27. The van der Waals surface area contributed by atoms with Crippen molar-refractivity contribution in [1.29, 1.82) is 0 Å². The predicted octanol–water partition coefficient (Wildman–Crippen LogP) is 11.4. The lowest BCUT2D eigenvalue weighted by molar-refractivity contribution is 1.03. The van der Waals surface area contributed by atoms with Crippen LogP contribution in [0.5, 0.6) is 0 Å². The maximum Gasteiger partial charge on any atom is 0.164 e. The van der Waals surface area contributed by atoms with E-state index in [-0.39, 0.29) is 0 Å². The Kier molecular flexibility index (Phi) is 7.10. The summed E-state index contributed by atoms with van der Waals surface area (Å²) in [4.78, 5) is 19.4. The smallest absolute Gasteiger partial charge is 0.164 e. The number of hydrogen-bond acceptors (Lipinski definition) is 4. The molecule has 0 spiro atoms. The molecule has 2 heterocycles. The van der Waals surface area contributed by atoms with E-state index in [9.17, 15) is 0 Å². The molecular formula is C45H31N5. The summed E-state index contributed by atoms with van der Waals surface area (Å²) in [6, 6.07) is 50.7. The van der Waals surface area contributed by atoms with Crippen LogP contribution >= 0.6 is 0 Å². The van der Waals surface area contributed by atoms with Gasteiger partial charge in [0.2, 0.25) is 0 Å². The third kappa shape index (κ3) is 4.95. The van der Waals surface area contributed by atoms with Crippen LogP contribution in [0.1, 0.15) is 12.7 Å². The number of rotatable bonds is 6. The Bertz CT molecular complexity index is 2750. The second kappa shape index (κ2) is 12.1. The fourth-order valence-corrected chi connectivity index (χ4v) is 7.09. The SMILES string of the molecule is C=N/C=C(\C=C(/C)c1nc(-c2ccccc2)nc(-c2ccc3ccccc3c2)n1)n1c2ccc3ccccc3c2c2c3ccccc3ccc21. The van der Waals surface area contributed by atoms with Gasteiger partial charge in [-0.05, 0) is 75.8 Å². The molecule has 2 aromatic heterocycles. The summed E-state index contributed by atoms with van der Waals surface area (Å²) in [6.45, 7) is 5.92. The zero-order chi connectivity index (χ0) is 33.6. The first-order valence-corrected chi connectivity index (χ1v) is 16.7. The fourth-order valence-electron chi connectivity index (χ4n) is 7.09. The highest BCUT2D eigenvalue weighted by atomic mass is 15.0. The number of fused-ring (bicyclic) bond motifs is 8. The summed E-state index contributed by atoms with van der Waals surface area (Å²) in [5.41, 5.74) is 5.77. The third-order valence-corrected chi connectivity index (χ3v) is 9.42. The Labute approximate surface area is 289 Å². The van der Waals surface area contributed by atoms with Crippen molar-refractivity contribution < 1.29 is 0 Å². The van der Waals surface area contributed by atoms with E-state index in [1.54, 1.807) is 0 Å². The van der Waals surface area contributed by atoms with E-state index >= 15 is 0 Å². The summed E-state index contributed by atoms with van der Waals surface area (Å²) < 4.78 is 2.28. The first kappa shape index (κ1) is 29.4. The van der Waals surface area contributed by atoms with Gasteiger partial charge in [-0.25, -0.2) is 15.0 Å². The molecule has 236 valence electrons. The molecule has 0 saturated heterocycles. The molecule has 0 saturated carbocycles. The highest BCUT2D eigenvalue weighted by Gasteiger charge is 2.19. The lowest BCUT2D eigenvalue weighted by Gasteiger charge is -2.12. The number of allylic oxidation sites excluding steroid dienone is 3. The minimum absolute atomic E-state index is 0.591. The Morgan fingerprint density at radius 1 is 0.560 bits per heavy atom. The highest BCUT2D eigenvalue weighted by molar-refractivity contribution is 6.29. The number of benzene rings is 7. The fraction of sp³-hybridized carbons (Fsp3) is 0.0222. The van der Waals surface area contributed by atoms with E-state index < -0.39 is 0 Å². The first-order valence-electron chi connectivity index (χ1n) is 16.7. The first-order chi connectivity index (χ1) is 24.7. The highest BCUT2D eigenvalue weighted by Crippen LogP contribution is 2.41. The van der Waals surface area contributed by atoms with Crippen LogP contribution in [-0.2, 0) is 0 Å². The number of aromatic nitrogens is 4. The van der Waals surface area contributed by atoms with Crippen molar-refractivity contribution in [2.45, 2.75) is 6.92 Å². The minimum atomic E-state index is 0.591. The molecule has 0 amide bonds. The Hall–Kier alpha value is -6.72. The number of aliphatic imine (C=N–C) groups is 1. The Morgan fingerprint density at radius 3 is 1.74 bits per heavy atom. The van der Waals surface area contributed by atoms with Crippen molar-refractivity contribution in [3.05, 3.63) is 164 Å². The van der Waals surface area contributed by atoms with Crippen LogP contribution in [0.15, 0.2) is 163 Å². The predicted molar refractivity (Wildman–Crippen MR) is 210 cm³/mol. The van der Waals surface area contributed by atoms with E-state index in [1.807, 2.05) is 43.5 Å². The molecule has 0 unspecified atom stereocenters. The van der Waals surface area contributed by atoms with Gasteiger partial charge in [-0.15, -0.1) is 0 Å². The van der Waals surface area contributed by atoms with Crippen LogP contribution in [-0.4, -0.2) is 26.2 Å². The van der Waals surface area contributed by atoms with Gasteiger partial charge in [-0.2, -0.15) is 0 Å². The molecule has 0 aliphatic heterocycles. The van der Waals surface area contributed by atoms with Crippen LogP contribution < -0.4 is 0 Å². The molecule has 50 heavy (non-hydrogen) atoms. The molecule has 0 radical (unpaired) electrons. The molecule has 5 nitrogen and oxygen atoms in total. The monoisotopic (exact) mass is 641 g/mol.